The first-order valence-electron chi connectivity index (χ1n) is 5.81. The first-order valence-corrected chi connectivity index (χ1v) is 5.81. The number of nitrogens with zero attached hydrogens (tertiary/aromatic N) is 2. The maximum absolute atomic E-state index is 11.5. The van der Waals surface area contributed by atoms with Crippen LogP contribution in [0.1, 0.15) is 12.0 Å². The molecule has 2 amide bonds. The first kappa shape index (κ1) is 14.0. The molecule has 0 aliphatic carbocycles. The summed E-state index contributed by atoms with van der Waals surface area (Å²) in [5.74, 6) is 0. The molecule has 0 radical (unpaired) electrons. The van der Waals surface area contributed by atoms with Crippen LogP contribution >= 0.6 is 0 Å². The smallest absolute Gasteiger partial charge is 0.319 e. The zero-order valence-electron chi connectivity index (χ0n) is 10.7. The van der Waals surface area contributed by atoms with Crippen molar-refractivity contribution in [3.05, 3.63) is 29.8 Å². The summed E-state index contributed by atoms with van der Waals surface area (Å²) in [4.78, 5) is 13.6. The molecule has 5 nitrogen and oxygen atoms in total. The molecule has 0 saturated carbocycles. The third-order valence-electron chi connectivity index (χ3n) is 2.32. The third kappa shape index (κ3) is 5.32. The fourth-order valence-electron chi connectivity index (χ4n) is 1.44. The Hall–Kier alpha value is -2.06. The number of carbonyl (C=O) groups is 1. The lowest BCUT2D eigenvalue weighted by Gasteiger charge is -2.10. The van der Waals surface area contributed by atoms with Crippen molar-refractivity contribution in [1.29, 1.82) is 5.26 Å². The average molecular weight is 246 g/mol. The molecule has 2 N–H and O–H groups in total. The van der Waals surface area contributed by atoms with Crippen molar-refractivity contribution in [2.24, 2.45) is 0 Å². The molecule has 1 aromatic rings. The number of hydrogen-bond acceptors (Lipinski definition) is 3. The van der Waals surface area contributed by atoms with Crippen molar-refractivity contribution in [3.8, 4) is 6.07 Å². The van der Waals surface area contributed by atoms with Gasteiger partial charge < -0.3 is 15.5 Å². The van der Waals surface area contributed by atoms with Crippen LogP contribution in [0.2, 0.25) is 0 Å². The Labute approximate surface area is 107 Å². The number of amides is 2. The van der Waals surface area contributed by atoms with E-state index in [1.165, 1.54) is 0 Å². The second-order valence-corrected chi connectivity index (χ2v) is 4.23. The van der Waals surface area contributed by atoms with E-state index < -0.39 is 0 Å². The SMILES string of the molecule is CN(C)CCCNC(=O)Nc1cccc(C#N)c1. The minimum Gasteiger partial charge on any atom is -0.338 e. The third-order valence-corrected chi connectivity index (χ3v) is 2.32. The van der Waals surface area contributed by atoms with E-state index in [0.29, 0.717) is 17.8 Å². The molecule has 0 atom stereocenters. The van der Waals surface area contributed by atoms with E-state index in [1.807, 2.05) is 20.2 Å². The van der Waals surface area contributed by atoms with Crippen LogP contribution in [0.15, 0.2) is 24.3 Å². The molecule has 0 unspecified atom stereocenters. The Bertz CT molecular complexity index is 437. The first-order chi connectivity index (χ1) is 8.61. The molecule has 96 valence electrons. The zero-order chi connectivity index (χ0) is 13.4. The van der Waals surface area contributed by atoms with Crippen LogP contribution in [0.4, 0.5) is 10.5 Å². The summed E-state index contributed by atoms with van der Waals surface area (Å²) in [7, 11) is 3.99. The topological polar surface area (TPSA) is 68.2 Å². The molecule has 18 heavy (non-hydrogen) atoms. The molecular weight excluding hydrogens is 228 g/mol. The summed E-state index contributed by atoms with van der Waals surface area (Å²) in [6, 6.07) is 8.60. The molecule has 0 spiro atoms. The lowest BCUT2D eigenvalue weighted by Crippen LogP contribution is -2.31. The number of nitrogens with one attached hydrogen (secondary N) is 2. The highest BCUT2D eigenvalue weighted by molar-refractivity contribution is 5.89. The molecule has 0 bridgehead atoms. The predicted molar refractivity (Wildman–Crippen MR) is 71.3 cm³/mol. The van der Waals surface area contributed by atoms with Crippen LogP contribution in [0.3, 0.4) is 0 Å². The Morgan fingerprint density at radius 2 is 2.22 bits per heavy atom. The quantitative estimate of drug-likeness (QED) is 0.776. The molecule has 0 aliphatic heterocycles. The van der Waals surface area contributed by atoms with Crippen molar-refractivity contribution in [3.63, 3.8) is 0 Å². The summed E-state index contributed by atoms with van der Waals surface area (Å²) >= 11 is 0. The number of benzene rings is 1. The van der Waals surface area contributed by atoms with E-state index in [0.717, 1.165) is 13.0 Å². The van der Waals surface area contributed by atoms with Crippen molar-refractivity contribution in [1.82, 2.24) is 10.2 Å². The van der Waals surface area contributed by atoms with Gasteiger partial charge in [0.05, 0.1) is 11.6 Å². The number of hydrogen-bond donors (Lipinski definition) is 2. The summed E-state index contributed by atoms with van der Waals surface area (Å²) in [6.45, 7) is 1.56. The minimum atomic E-state index is -0.246. The van der Waals surface area contributed by atoms with Crippen molar-refractivity contribution >= 4 is 11.7 Å². The van der Waals surface area contributed by atoms with Crippen molar-refractivity contribution in [2.45, 2.75) is 6.42 Å². The predicted octanol–water partition coefficient (Wildman–Crippen LogP) is 1.63. The Morgan fingerprint density at radius 3 is 2.89 bits per heavy atom. The number of nitriles is 1. The van der Waals surface area contributed by atoms with Crippen LogP contribution in [0.5, 0.6) is 0 Å². The van der Waals surface area contributed by atoms with Crippen LogP contribution in [-0.2, 0) is 0 Å². The summed E-state index contributed by atoms with van der Waals surface area (Å²) in [5.41, 5.74) is 1.15. The van der Waals surface area contributed by atoms with Crippen LogP contribution in [0, 0.1) is 11.3 Å². The average Bonchev–Trinajstić information content (AvgIpc) is 2.34. The largest absolute Gasteiger partial charge is 0.338 e. The lowest BCUT2D eigenvalue weighted by atomic mass is 10.2. The molecule has 5 heteroatoms. The molecule has 0 aliphatic rings. The molecule has 0 heterocycles. The van der Waals surface area contributed by atoms with Gasteiger partial charge in [-0.25, -0.2) is 4.79 Å². The van der Waals surface area contributed by atoms with E-state index in [1.54, 1.807) is 24.3 Å². The second-order valence-electron chi connectivity index (χ2n) is 4.23. The van der Waals surface area contributed by atoms with Crippen LogP contribution < -0.4 is 10.6 Å². The van der Waals surface area contributed by atoms with Gasteiger partial charge in [-0.2, -0.15) is 5.26 Å². The van der Waals surface area contributed by atoms with E-state index in [4.69, 9.17) is 5.26 Å². The van der Waals surface area contributed by atoms with Crippen molar-refractivity contribution in [2.75, 3.05) is 32.5 Å². The fourth-order valence-corrected chi connectivity index (χ4v) is 1.44. The number of rotatable bonds is 5. The standard InChI is InChI=1S/C13H18N4O/c1-17(2)8-4-7-15-13(18)16-12-6-3-5-11(9-12)10-14/h3,5-6,9H,4,7-8H2,1-2H3,(H2,15,16,18). The lowest BCUT2D eigenvalue weighted by molar-refractivity contribution is 0.251. The summed E-state index contributed by atoms with van der Waals surface area (Å²) < 4.78 is 0. The van der Waals surface area contributed by atoms with Gasteiger partial charge in [-0.05, 0) is 45.3 Å². The Kier molecular flexibility index (Phi) is 5.68. The van der Waals surface area contributed by atoms with E-state index in [-0.39, 0.29) is 6.03 Å². The fraction of sp³-hybridized carbons (Fsp3) is 0.385. The van der Waals surface area contributed by atoms with Gasteiger partial charge in [0.25, 0.3) is 0 Å². The Morgan fingerprint density at radius 1 is 1.44 bits per heavy atom. The summed E-state index contributed by atoms with van der Waals surface area (Å²) in [6.07, 6.45) is 0.901. The molecule has 0 aromatic heterocycles. The van der Waals surface area contributed by atoms with Crippen LogP contribution in [-0.4, -0.2) is 38.1 Å². The Balaban J connectivity index is 2.33. The van der Waals surface area contributed by atoms with Gasteiger partial charge in [-0.15, -0.1) is 0 Å². The zero-order valence-corrected chi connectivity index (χ0v) is 10.7. The molecular formula is C13H18N4O. The van der Waals surface area contributed by atoms with Gasteiger partial charge in [0.1, 0.15) is 0 Å². The molecule has 0 fully saturated rings. The van der Waals surface area contributed by atoms with Gasteiger partial charge in [0.15, 0.2) is 0 Å². The van der Waals surface area contributed by atoms with Gasteiger partial charge in [-0.3, -0.25) is 0 Å². The van der Waals surface area contributed by atoms with Gasteiger partial charge >= 0.3 is 6.03 Å². The highest BCUT2D eigenvalue weighted by atomic mass is 16.2. The maximum Gasteiger partial charge on any atom is 0.319 e. The number of carbonyl (C=O) groups excluding carboxylic acids is 1. The van der Waals surface area contributed by atoms with E-state index >= 15 is 0 Å². The van der Waals surface area contributed by atoms with Gasteiger partial charge in [0.2, 0.25) is 0 Å². The van der Waals surface area contributed by atoms with Crippen LogP contribution in [0.25, 0.3) is 0 Å². The number of anilines is 1. The van der Waals surface area contributed by atoms with Crippen molar-refractivity contribution < 1.29 is 4.79 Å². The van der Waals surface area contributed by atoms with Gasteiger partial charge in [0, 0.05) is 12.2 Å². The summed E-state index contributed by atoms with van der Waals surface area (Å²) in [5, 5.41) is 14.2. The second kappa shape index (κ2) is 7.30. The highest BCUT2D eigenvalue weighted by Gasteiger charge is 2.01. The minimum absolute atomic E-state index is 0.246. The maximum atomic E-state index is 11.5. The van der Waals surface area contributed by atoms with E-state index in [9.17, 15) is 4.79 Å². The van der Waals surface area contributed by atoms with E-state index in [2.05, 4.69) is 15.5 Å². The monoisotopic (exact) mass is 246 g/mol. The normalized spacial score (nSPS) is 9.89. The number of urea groups is 1. The molecule has 0 saturated heterocycles. The molecule has 1 aromatic carbocycles. The van der Waals surface area contributed by atoms with Gasteiger partial charge in [-0.1, -0.05) is 6.07 Å². The molecule has 1 rings (SSSR count). The highest BCUT2D eigenvalue weighted by Crippen LogP contribution is 2.09.